The van der Waals surface area contributed by atoms with Gasteiger partial charge in [0.2, 0.25) is 5.91 Å². The minimum atomic E-state index is -0.354. The van der Waals surface area contributed by atoms with Crippen LogP contribution in [0.4, 0.5) is 0 Å². The molecular formula is C17H25ClN2O. The normalized spacial score (nSPS) is 27.6. The molecule has 1 aliphatic heterocycles. The molecule has 0 saturated carbocycles. The second-order valence-corrected chi connectivity index (χ2v) is 6.35. The molecule has 2 unspecified atom stereocenters. The van der Waals surface area contributed by atoms with Crippen LogP contribution in [0.3, 0.4) is 0 Å². The molecule has 2 N–H and O–H groups in total. The standard InChI is InChI=1S/C17H24N2O.ClH/c1-17(16(20)19-12-14-8-5-11-18-14)10-4-7-13-6-2-3-9-15(13)17;/h2-3,6,9,14,18H,4-5,7-8,10-12H2,1H3,(H,19,20);1H. The zero-order chi connectivity index (χ0) is 14.0. The first-order chi connectivity index (χ1) is 9.70. The van der Waals surface area contributed by atoms with Crippen LogP contribution in [0.25, 0.3) is 0 Å². The molecule has 1 aromatic carbocycles. The molecule has 1 aliphatic carbocycles. The number of hydrogen-bond acceptors (Lipinski definition) is 2. The third-order valence-corrected chi connectivity index (χ3v) is 4.91. The van der Waals surface area contributed by atoms with Gasteiger partial charge in [-0.1, -0.05) is 24.3 Å². The Labute approximate surface area is 133 Å². The topological polar surface area (TPSA) is 41.1 Å². The Hall–Kier alpha value is -1.06. The number of hydrogen-bond donors (Lipinski definition) is 2. The maximum absolute atomic E-state index is 12.7. The molecule has 2 aliphatic rings. The molecule has 1 heterocycles. The van der Waals surface area contributed by atoms with E-state index in [1.54, 1.807) is 0 Å². The first-order valence-corrected chi connectivity index (χ1v) is 7.80. The van der Waals surface area contributed by atoms with Gasteiger partial charge in [-0.3, -0.25) is 4.79 Å². The molecule has 116 valence electrons. The molecule has 1 saturated heterocycles. The van der Waals surface area contributed by atoms with Crippen molar-refractivity contribution in [1.82, 2.24) is 10.6 Å². The SMILES string of the molecule is CC1(C(=O)NCC2CCCN2)CCCc2ccccc21.Cl. The summed E-state index contributed by atoms with van der Waals surface area (Å²) >= 11 is 0. The Morgan fingerprint density at radius 1 is 1.38 bits per heavy atom. The van der Waals surface area contributed by atoms with Gasteiger partial charge in [-0.05, 0) is 56.7 Å². The number of nitrogens with one attached hydrogen (secondary N) is 2. The van der Waals surface area contributed by atoms with Gasteiger partial charge in [0.25, 0.3) is 0 Å². The Balaban J connectivity index is 0.00000161. The highest BCUT2D eigenvalue weighted by atomic mass is 35.5. The quantitative estimate of drug-likeness (QED) is 0.901. The zero-order valence-electron chi connectivity index (χ0n) is 12.7. The minimum absolute atomic E-state index is 0. The van der Waals surface area contributed by atoms with E-state index in [4.69, 9.17) is 0 Å². The summed E-state index contributed by atoms with van der Waals surface area (Å²) in [5.41, 5.74) is 2.21. The molecule has 21 heavy (non-hydrogen) atoms. The Bertz CT molecular complexity index is 499. The smallest absolute Gasteiger partial charge is 0.230 e. The van der Waals surface area contributed by atoms with Crippen LogP contribution < -0.4 is 10.6 Å². The lowest BCUT2D eigenvalue weighted by Crippen LogP contribution is -2.47. The number of benzene rings is 1. The number of carbonyl (C=O) groups is 1. The number of amides is 1. The predicted molar refractivity (Wildman–Crippen MR) is 88.0 cm³/mol. The molecule has 0 aromatic heterocycles. The second kappa shape index (κ2) is 6.80. The third-order valence-electron chi connectivity index (χ3n) is 4.91. The lowest BCUT2D eigenvalue weighted by atomic mass is 9.70. The third kappa shape index (κ3) is 3.24. The highest BCUT2D eigenvalue weighted by Crippen LogP contribution is 2.37. The van der Waals surface area contributed by atoms with Crippen molar-refractivity contribution in [2.75, 3.05) is 13.1 Å². The molecule has 1 fully saturated rings. The monoisotopic (exact) mass is 308 g/mol. The van der Waals surface area contributed by atoms with Crippen LogP contribution in [0.2, 0.25) is 0 Å². The number of halogens is 1. The van der Waals surface area contributed by atoms with Crippen LogP contribution in [-0.2, 0) is 16.6 Å². The van der Waals surface area contributed by atoms with Crippen molar-refractivity contribution in [2.45, 2.75) is 50.5 Å². The Kier molecular flexibility index (Phi) is 5.28. The van der Waals surface area contributed by atoms with Gasteiger partial charge < -0.3 is 10.6 Å². The number of carbonyl (C=O) groups excluding carboxylic acids is 1. The van der Waals surface area contributed by atoms with E-state index < -0.39 is 0 Å². The summed E-state index contributed by atoms with van der Waals surface area (Å²) in [5.74, 6) is 0.193. The van der Waals surface area contributed by atoms with Crippen molar-refractivity contribution in [2.24, 2.45) is 0 Å². The summed E-state index contributed by atoms with van der Waals surface area (Å²) in [6.45, 7) is 3.94. The van der Waals surface area contributed by atoms with Gasteiger partial charge in [-0.15, -0.1) is 12.4 Å². The van der Waals surface area contributed by atoms with Crippen LogP contribution >= 0.6 is 12.4 Å². The van der Waals surface area contributed by atoms with Crippen molar-refractivity contribution in [3.05, 3.63) is 35.4 Å². The summed E-state index contributed by atoms with van der Waals surface area (Å²) in [4.78, 5) is 12.7. The molecular weight excluding hydrogens is 284 g/mol. The second-order valence-electron chi connectivity index (χ2n) is 6.35. The number of aryl methyl sites for hydroxylation is 1. The van der Waals surface area contributed by atoms with E-state index in [-0.39, 0.29) is 23.7 Å². The van der Waals surface area contributed by atoms with Gasteiger partial charge in [0.1, 0.15) is 0 Å². The van der Waals surface area contributed by atoms with E-state index >= 15 is 0 Å². The van der Waals surface area contributed by atoms with Crippen molar-refractivity contribution in [1.29, 1.82) is 0 Å². The maximum Gasteiger partial charge on any atom is 0.230 e. The molecule has 0 radical (unpaired) electrons. The van der Waals surface area contributed by atoms with E-state index in [0.29, 0.717) is 6.04 Å². The zero-order valence-corrected chi connectivity index (χ0v) is 13.5. The summed E-state index contributed by atoms with van der Waals surface area (Å²) in [6, 6.07) is 8.88. The van der Waals surface area contributed by atoms with Crippen LogP contribution in [0.5, 0.6) is 0 Å². The minimum Gasteiger partial charge on any atom is -0.354 e. The van der Waals surface area contributed by atoms with Crippen molar-refractivity contribution >= 4 is 18.3 Å². The van der Waals surface area contributed by atoms with Gasteiger partial charge in [-0.25, -0.2) is 0 Å². The molecule has 1 amide bonds. The summed E-state index contributed by atoms with van der Waals surface area (Å²) in [7, 11) is 0. The van der Waals surface area contributed by atoms with E-state index in [2.05, 4.69) is 35.8 Å². The molecule has 0 spiro atoms. The van der Waals surface area contributed by atoms with Gasteiger partial charge in [0, 0.05) is 12.6 Å². The van der Waals surface area contributed by atoms with Gasteiger partial charge >= 0.3 is 0 Å². The van der Waals surface area contributed by atoms with Crippen LogP contribution in [0.15, 0.2) is 24.3 Å². The maximum atomic E-state index is 12.7. The highest BCUT2D eigenvalue weighted by Gasteiger charge is 2.38. The van der Waals surface area contributed by atoms with Crippen molar-refractivity contribution < 1.29 is 4.79 Å². The van der Waals surface area contributed by atoms with E-state index in [1.807, 2.05) is 6.07 Å². The number of rotatable bonds is 3. The van der Waals surface area contributed by atoms with E-state index in [9.17, 15) is 4.79 Å². The van der Waals surface area contributed by atoms with Crippen LogP contribution in [0.1, 0.15) is 43.7 Å². The van der Waals surface area contributed by atoms with E-state index in [0.717, 1.165) is 32.4 Å². The molecule has 4 heteroatoms. The first kappa shape index (κ1) is 16.3. The molecule has 1 aromatic rings. The molecule has 3 nitrogen and oxygen atoms in total. The molecule has 2 atom stereocenters. The lowest BCUT2D eigenvalue weighted by molar-refractivity contribution is -0.126. The highest BCUT2D eigenvalue weighted by molar-refractivity contribution is 5.88. The summed E-state index contributed by atoms with van der Waals surface area (Å²) in [6.07, 6.45) is 5.55. The van der Waals surface area contributed by atoms with Gasteiger partial charge in [-0.2, -0.15) is 0 Å². The molecule has 0 bridgehead atoms. The summed E-state index contributed by atoms with van der Waals surface area (Å²) < 4.78 is 0. The lowest BCUT2D eigenvalue weighted by Gasteiger charge is -2.35. The van der Waals surface area contributed by atoms with Crippen LogP contribution in [-0.4, -0.2) is 25.0 Å². The summed E-state index contributed by atoms with van der Waals surface area (Å²) in [5, 5.41) is 6.61. The average Bonchev–Trinajstić information content (AvgIpc) is 2.98. The Morgan fingerprint density at radius 2 is 2.19 bits per heavy atom. The predicted octanol–water partition coefficient (Wildman–Crippen LogP) is 2.57. The van der Waals surface area contributed by atoms with Crippen molar-refractivity contribution in [3.8, 4) is 0 Å². The fourth-order valence-corrected chi connectivity index (χ4v) is 3.62. The number of fused-ring (bicyclic) bond motifs is 1. The van der Waals surface area contributed by atoms with Gasteiger partial charge in [0.05, 0.1) is 5.41 Å². The first-order valence-electron chi connectivity index (χ1n) is 7.80. The fourth-order valence-electron chi connectivity index (χ4n) is 3.62. The van der Waals surface area contributed by atoms with Gasteiger partial charge in [0.15, 0.2) is 0 Å². The van der Waals surface area contributed by atoms with Crippen LogP contribution in [0, 0.1) is 0 Å². The average molecular weight is 309 g/mol. The molecule has 3 rings (SSSR count). The largest absolute Gasteiger partial charge is 0.354 e. The van der Waals surface area contributed by atoms with E-state index in [1.165, 1.54) is 24.0 Å². The Morgan fingerprint density at radius 3 is 2.95 bits per heavy atom. The fraction of sp³-hybridized carbons (Fsp3) is 0.588. The van der Waals surface area contributed by atoms with Crippen molar-refractivity contribution in [3.63, 3.8) is 0 Å².